The van der Waals surface area contributed by atoms with Gasteiger partial charge in [-0.3, -0.25) is 14.3 Å². The van der Waals surface area contributed by atoms with Gasteiger partial charge in [-0.15, -0.1) is 5.10 Å². The SMILES string of the molecule is Cc1ccccc1-n1cc(C(C)C)c2cc(-n3nc(CO)[nH]c3=O)c(F)cc2c1=O. The van der Waals surface area contributed by atoms with Crippen LogP contribution in [0.2, 0.25) is 0 Å². The third-order valence-electron chi connectivity index (χ3n) is 5.15. The molecular weight excluding hydrogens is 387 g/mol. The third-order valence-corrected chi connectivity index (χ3v) is 5.15. The first-order valence-corrected chi connectivity index (χ1v) is 9.56. The van der Waals surface area contributed by atoms with E-state index in [9.17, 15) is 14.7 Å². The molecule has 2 N–H and O–H groups in total. The fraction of sp³-hybridized carbons (Fsp3) is 0.227. The van der Waals surface area contributed by atoms with E-state index in [0.29, 0.717) is 5.39 Å². The summed E-state index contributed by atoms with van der Waals surface area (Å²) >= 11 is 0. The molecule has 4 rings (SSSR count). The van der Waals surface area contributed by atoms with Crippen molar-refractivity contribution < 1.29 is 9.50 Å². The number of benzene rings is 2. The Morgan fingerprint density at radius 2 is 1.87 bits per heavy atom. The number of aryl methyl sites for hydroxylation is 1. The lowest BCUT2D eigenvalue weighted by Crippen LogP contribution is -2.22. The Labute approximate surface area is 171 Å². The Morgan fingerprint density at radius 1 is 1.13 bits per heavy atom. The summed E-state index contributed by atoms with van der Waals surface area (Å²) < 4.78 is 17.4. The minimum Gasteiger partial charge on any atom is -0.388 e. The molecule has 2 aromatic carbocycles. The van der Waals surface area contributed by atoms with Gasteiger partial charge in [-0.1, -0.05) is 32.0 Å². The van der Waals surface area contributed by atoms with Crippen molar-refractivity contribution >= 4 is 10.8 Å². The highest BCUT2D eigenvalue weighted by Crippen LogP contribution is 2.28. The Balaban J connectivity index is 2.06. The summed E-state index contributed by atoms with van der Waals surface area (Å²) in [7, 11) is 0. The summed E-state index contributed by atoms with van der Waals surface area (Å²) in [6.07, 6.45) is 1.77. The zero-order chi connectivity index (χ0) is 21.6. The number of fused-ring (bicyclic) bond motifs is 1. The molecule has 0 fully saturated rings. The molecule has 0 unspecified atom stereocenters. The van der Waals surface area contributed by atoms with Crippen LogP contribution in [0, 0.1) is 12.7 Å². The van der Waals surface area contributed by atoms with E-state index in [4.69, 9.17) is 0 Å². The van der Waals surface area contributed by atoms with E-state index in [1.165, 1.54) is 10.6 Å². The minimum absolute atomic E-state index is 0.0264. The maximum Gasteiger partial charge on any atom is 0.348 e. The van der Waals surface area contributed by atoms with Crippen molar-refractivity contribution in [1.29, 1.82) is 0 Å². The molecule has 30 heavy (non-hydrogen) atoms. The summed E-state index contributed by atoms with van der Waals surface area (Å²) in [6.45, 7) is 5.40. The first-order valence-electron chi connectivity index (χ1n) is 9.56. The van der Waals surface area contributed by atoms with Gasteiger partial charge in [-0.2, -0.15) is 4.68 Å². The van der Waals surface area contributed by atoms with Gasteiger partial charge in [0, 0.05) is 6.20 Å². The summed E-state index contributed by atoms with van der Waals surface area (Å²) in [6, 6.07) is 10.1. The number of aliphatic hydroxyl groups is 1. The molecule has 2 heterocycles. The van der Waals surface area contributed by atoms with Crippen molar-refractivity contribution in [2.75, 3.05) is 0 Å². The van der Waals surface area contributed by atoms with E-state index in [1.54, 1.807) is 6.20 Å². The zero-order valence-electron chi connectivity index (χ0n) is 16.8. The Morgan fingerprint density at radius 3 is 2.50 bits per heavy atom. The van der Waals surface area contributed by atoms with Crippen LogP contribution < -0.4 is 11.2 Å². The van der Waals surface area contributed by atoms with Gasteiger partial charge in [0.2, 0.25) is 0 Å². The second-order valence-electron chi connectivity index (χ2n) is 7.50. The molecule has 154 valence electrons. The molecule has 0 aliphatic rings. The van der Waals surface area contributed by atoms with Crippen LogP contribution in [0.3, 0.4) is 0 Å². The van der Waals surface area contributed by atoms with Crippen molar-refractivity contribution in [2.24, 2.45) is 0 Å². The number of nitrogens with zero attached hydrogens (tertiary/aromatic N) is 3. The summed E-state index contributed by atoms with van der Waals surface area (Å²) in [5.41, 5.74) is 1.38. The van der Waals surface area contributed by atoms with E-state index < -0.39 is 18.1 Å². The number of aromatic nitrogens is 4. The predicted molar refractivity (Wildman–Crippen MR) is 112 cm³/mol. The number of para-hydroxylation sites is 1. The Kier molecular flexibility index (Phi) is 4.87. The van der Waals surface area contributed by atoms with Crippen molar-refractivity contribution in [3.63, 3.8) is 0 Å². The van der Waals surface area contributed by atoms with Gasteiger partial charge in [-0.25, -0.2) is 9.18 Å². The number of aromatic amines is 1. The lowest BCUT2D eigenvalue weighted by atomic mass is 9.97. The molecule has 2 aromatic heterocycles. The van der Waals surface area contributed by atoms with E-state index >= 15 is 4.39 Å². The smallest absolute Gasteiger partial charge is 0.348 e. The molecule has 0 atom stereocenters. The number of halogens is 1. The monoisotopic (exact) mass is 408 g/mol. The van der Waals surface area contributed by atoms with Gasteiger partial charge in [0.1, 0.15) is 18.1 Å². The number of rotatable bonds is 4. The normalized spacial score (nSPS) is 11.5. The van der Waals surface area contributed by atoms with E-state index in [-0.39, 0.29) is 28.4 Å². The van der Waals surface area contributed by atoms with Crippen LogP contribution in [0.15, 0.2) is 52.2 Å². The molecule has 4 aromatic rings. The van der Waals surface area contributed by atoms with Gasteiger partial charge in [0.25, 0.3) is 5.56 Å². The van der Waals surface area contributed by atoms with Gasteiger partial charge < -0.3 is 5.11 Å². The number of hydrogen-bond acceptors (Lipinski definition) is 4. The first kappa shape index (κ1) is 19.8. The predicted octanol–water partition coefficient (Wildman–Crippen LogP) is 2.93. The first-order chi connectivity index (χ1) is 14.3. The third kappa shape index (κ3) is 3.15. The van der Waals surface area contributed by atoms with Crippen LogP contribution in [-0.2, 0) is 6.61 Å². The van der Waals surface area contributed by atoms with Gasteiger partial charge >= 0.3 is 5.69 Å². The molecule has 7 nitrogen and oxygen atoms in total. The summed E-state index contributed by atoms with van der Waals surface area (Å²) in [5, 5.41) is 13.9. The molecule has 0 aliphatic carbocycles. The molecule has 8 heteroatoms. The average Bonchev–Trinajstić information content (AvgIpc) is 3.09. The number of nitrogens with one attached hydrogen (secondary N) is 1. The van der Waals surface area contributed by atoms with Crippen molar-refractivity contribution in [3.05, 3.63) is 86.2 Å². The minimum atomic E-state index is -0.755. The lowest BCUT2D eigenvalue weighted by Gasteiger charge is -2.17. The molecule has 0 radical (unpaired) electrons. The van der Waals surface area contributed by atoms with Crippen LogP contribution in [0.1, 0.15) is 36.7 Å². The second kappa shape index (κ2) is 7.38. The van der Waals surface area contributed by atoms with E-state index in [1.807, 2.05) is 45.0 Å². The molecule has 0 spiro atoms. The van der Waals surface area contributed by atoms with Crippen LogP contribution in [0.5, 0.6) is 0 Å². The number of pyridine rings is 1. The molecule has 0 bridgehead atoms. The van der Waals surface area contributed by atoms with Crippen LogP contribution in [0.25, 0.3) is 22.1 Å². The van der Waals surface area contributed by atoms with Crippen molar-refractivity contribution in [2.45, 2.75) is 33.3 Å². The number of hydrogen-bond donors (Lipinski definition) is 2. The van der Waals surface area contributed by atoms with Crippen LogP contribution in [0.4, 0.5) is 4.39 Å². The number of aliphatic hydroxyl groups excluding tert-OH is 1. The summed E-state index contributed by atoms with van der Waals surface area (Å²) in [5.74, 6) is -0.695. The highest BCUT2D eigenvalue weighted by molar-refractivity contribution is 5.87. The fourth-order valence-corrected chi connectivity index (χ4v) is 3.61. The standard InChI is InChI=1S/C22H21FN4O3/c1-12(2)16-10-26(18-7-5-4-6-13(18)3)21(29)15-8-17(23)19(9-14(15)16)27-22(30)24-20(11-28)25-27/h4-10,12,28H,11H2,1-3H3,(H,24,25,30). The molecule has 0 aliphatic heterocycles. The zero-order valence-corrected chi connectivity index (χ0v) is 16.8. The van der Waals surface area contributed by atoms with E-state index in [0.717, 1.165) is 27.6 Å². The maximum absolute atomic E-state index is 15.0. The Hall–Kier alpha value is -3.52. The molecule has 0 amide bonds. The number of H-pyrrole nitrogens is 1. The second-order valence-corrected chi connectivity index (χ2v) is 7.50. The van der Waals surface area contributed by atoms with Crippen LogP contribution >= 0.6 is 0 Å². The molecular formula is C22H21FN4O3. The summed E-state index contributed by atoms with van der Waals surface area (Å²) in [4.78, 5) is 27.8. The maximum atomic E-state index is 15.0. The van der Waals surface area contributed by atoms with Gasteiger partial charge in [-0.05, 0) is 47.6 Å². The van der Waals surface area contributed by atoms with Gasteiger partial charge in [0.05, 0.1) is 11.1 Å². The fourth-order valence-electron chi connectivity index (χ4n) is 3.61. The van der Waals surface area contributed by atoms with E-state index in [2.05, 4.69) is 10.1 Å². The molecule has 0 saturated carbocycles. The molecule has 0 saturated heterocycles. The highest BCUT2D eigenvalue weighted by atomic mass is 19.1. The highest BCUT2D eigenvalue weighted by Gasteiger charge is 2.19. The average molecular weight is 408 g/mol. The van der Waals surface area contributed by atoms with Crippen LogP contribution in [-0.4, -0.2) is 24.4 Å². The van der Waals surface area contributed by atoms with Crippen molar-refractivity contribution in [3.8, 4) is 11.4 Å². The largest absolute Gasteiger partial charge is 0.388 e. The topological polar surface area (TPSA) is 92.9 Å². The Bertz CT molecular complexity index is 1380. The van der Waals surface area contributed by atoms with Gasteiger partial charge in [0.15, 0.2) is 5.82 Å². The lowest BCUT2D eigenvalue weighted by molar-refractivity contribution is 0.271. The quantitative estimate of drug-likeness (QED) is 0.543. The van der Waals surface area contributed by atoms with Crippen molar-refractivity contribution in [1.82, 2.24) is 19.3 Å².